The highest BCUT2D eigenvalue weighted by Gasteiger charge is 2.26. The van der Waals surface area contributed by atoms with E-state index in [0.717, 1.165) is 19.0 Å². The highest BCUT2D eigenvalue weighted by Crippen LogP contribution is 2.30. The van der Waals surface area contributed by atoms with E-state index in [4.69, 9.17) is 4.74 Å². The lowest BCUT2D eigenvalue weighted by molar-refractivity contribution is 0.0846. The van der Waals surface area contributed by atoms with Crippen LogP contribution < -0.4 is 10.1 Å². The molecule has 1 aliphatic carbocycles. The number of pyridine rings is 1. The number of aromatic nitrogens is 1. The van der Waals surface area contributed by atoms with Gasteiger partial charge in [-0.3, -0.25) is 0 Å². The topological polar surface area (TPSA) is 34.1 Å². The molecule has 0 saturated heterocycles. The highest BCUT2D eigenvalue weighted by molar-refractivity contribution is 5.25. The molecule has 0 aromatic carbocycles. The molecule has 0 aliphatic heterocycles. The second kappa shape index (κ2) is 8.38. The molecule has 1 N–H and O–H groups in total. The third-order valence-electron chi connectivity index (χ3n) is 4.34. The normalized spacial score (nSPS) is 22.5. The van der Waals surface area contributed by atoms with Crippen molar-refractivity contribution in [2.75, 3.05) is 6.54 Å². The molecular weight excluding hydrogens is 260 g/mol. The molecule has 21 heavy (non-hydrogen) atoms. The van der Waals surface area contributed by atoms with Gasteiger partial charge < -0.3 is 10.1 Å². The van der Waals surface area contributed by atoms with E-state index in [-0.39, 0.29) is 0 Å². The number of hydrogen-bond donors (Lipinski definition) is 1. The van der Waals surface area contributed by atoms with Gasteiger partial charge in [-0.05, 0) is 50.1 Å². The van der Waals surface area contributed by atoms with E-state index < -0.39 is 0 Å². The molecule has 2 unspecified atom stereocenters. The van der Waals surface area contributed by atoms with Crippen LogP contribution in [0.5, 0.6) is 5.88 Å². The van der Waals surface area contributed by atoms with Crippen LogP contribution in [0.15, 0.2) is 18.3 Å². The smallest absolute Gasteiger partial charge is 0.218 e. The number of rotatable bonds is 7. The summed E-state index contributed by atoms with van der Waals surface area (Å²) >= 11 is 0. The third-order valence-corrected chi connectivity index (χ3v) is 4.34. The van der Waals surface area contributed by atoms with E-state index >= 15 is 0 Å². The minimum Gasteiger partial charge on any atom is -0.474 e. The van der Waals surface area contributed by atoms with Crippen molar-refractivity contribution < 1.29 is 4.74 Å². The lowest BCUT2D eigenvalue weighted by atomic mass is 9.85. The zero-order chi connectivity index (χ0) is 15.1. The van der Waals surface area contributed by atoms with Crippen molar-refractivity contribution in [1.82, 2.24) is 10.3 Å². The maximum atomic E-state index is 6.30. The standard InChI is InChI=1S/C18H30N2O/c1-4-15-8-5-6-10-17(15)21-18-16(9-7-11-20-18)13-19-12-14(2)3/h7,9,11,14-15,17,19H,4-6,8,10,12-13H2,1-3H3. The van der Waals surface area contributed by atoms with E-state index in [1.54, 1.807) is 0 Å². The summed E-state index contributed by atoms with van der Waals surface area (Å²) in [5.41, 5.74) is 1.18. The predicted octanol–water partition coefficient (Wildman–Crippen LogP) is 4.17. The van der Waals surface area contributed by atoms with Crippen molar-refractivity contribution in [2.24, 2.45) is 11.8 Å². The maximum Gasteiger partial charge on any atom is 0.218 e. The van der Waals surface area contributed by atoms with Crippen LogP contribution in [0, 0.1) is 11.8 Å². The average Bonchev–Trinajstić information content (AvgIpc) is 2.49. The van der Waals surface area contributed by atoms with Gasteiger partial charge in [0.2, 0.25) is 5.88 Å². The predicted molar refractivity (Wildman–Crippen MR) is 87.4 cm³/mol. The summed E-state index contributed by atoms with van der Waals surface area (Å²) in [5, 5.41) is 3.48. The van der Waals surface area contributed by atoms with E-state index in [9.17, 15) is 0 Å². The zero-order valence-corrected chi connectivity index (χ0v) is 13.8. The Kier molecular flexibility index (Phi) is 6.50. The van der Waals surface area contributed by atoms with Gasteiger partial charge in [0.25, 0.3) is 0 Å². The summed E-state index contributed by atoms with van der Waals surface area (Å²) in [4.78, 5) is 4.48. The first-order chi connectivity index (χ1) is 10.2. The highest BCUT2D eigenvalue weighted by atomic mass is 16.5. The quantitative estimate of drug-likeness (QED) is 0.818. The van der Waals surface area contributed by atoms with Crippen LogP contribution in [-0.4, -0.2) is 17.6 Å². The van der Waals surface area contributed by atoms with Crippen LogP contribution in [0.1, 0.15) is 58.4 Å². The van der Waals surface area contributed by atoms with Crippen molar-refractivity contribution in [3.05, 3.63) is 23.9 Å². The number of nitrogens with one attached hydrogen (secondary N) is 1. The second-order valence-electron chi connectivity index (χ2n) is 6.60. The largest absolute Gasteiger partial charge is 0.474 e. The molecule has 1 aromatic rings. The lowest BCUT2D eigenvalue weighted by Gasteiger charge is -2.31. The van der Waals surface area contributed by atoms with Gasteiger partial charge in [0.05, 0.1) is 0 Å². The summed E-state index contributed by atoms with van der Waals surface area (Å²) in [6, 6.07) is 4.12. The molecule has 3 heteroatoms. The summed E-state index contributed by atoms with van der Waals surface area (Å²) in [5.74, 6) is 2.19. The van der Waals surface area contributed by atoms with E-state index in [0.29, 0.717) is 17.9 Å². The van der Waals surface area contributed by atoms with Crippen molar-refractivity contribution in [3.63, 3.8) is 0 Å². The first-order valence-electron chi connectivity index (χ1n) is 8.52. The molecule has 0 bridgehead atoms. The molecule has 118 valence electrons. The SMILES string of the molecule is CCC1CCCCC1Oc1ncccc1CNCC(C)C. The minimum absolute atomic E-state index is 0.350. The van der Waals surface area contributed by atoms with Crippen LogP contribution in [0.3, 0.4) is 0 Å². The number of hydrogen-bond acceptors (Lipinski definition) is 3. The summed E-state index contributed by atoms with van der Waals surface area (Å²) in [7, 11) is 0. The first-order valence-corrected chi connectivity index (χ1v) is 8.52. The Morgan fingerprint density at radius 3 is 2.90 bits per heavy atom. The molecule has 2 rings (SSSR count). The Balaban J connectivity index is 1.98. The molecule has 1 saturated carbocycles. The fraction of sp³-hybridized carbons (Fsp3) is 0.722. The zero-order valence-electron chi connectivity index (χ0n) is 13.8. The first kappa shape index (κ1) is 16.3. The Morgan fingerprint density at radius 1 is 1.33 bits per heavy atom. The van der Waals surface area contributed by atoms with Gasteiger partial charge in [0.1, 0.15) is 6.10 Å². The van der Waals surface area contributed by atoms with Crippen LogP contribution in [-0.2, 0) is 6.54 Å². The van der Waals surface area contributed by atoms with Gasteiger partial charge in [0.15, 0.2) is 0 Å². The van der Waals surface area contributed by atoms with Crippen LogP contribution in [0.2, 0.25) is 0 Å². The van der Waals surface area contributed by atoms with Gasteiger partial charge >= 0.3 is 0 Å². The van der Waals surface area contributed by atoms with Gasteiger partial charge in [-0.2, -0.15) is 0 Å². The molecule has 1 heterocycles. The Morgan fingerprint density at radius 2 is 2.14 bits per heavy atom. The van der Waals surface area contributed by atoms with E-state index in [1.165, 1.54) is 37.7 Å². The van der Waals surface area contributed by atoms with Crippen LogP contribution >= 0.6 is 0 Å². The third kappa shape index (κ3) is 4.99. The second-order valence-corrected chi connectivity index (χ2v) is 6.60. The molecule has 3 nitrogen and oxygen atoms in total. The van der Waals surface area contributed by atoms with Gasteiger partial charge in [-0.1, -0.05) is 33.3 Å². The van der Waals surface area contributed by atoms with Crippen LogP contribution in [0.4, 0.5) is 0 Å². The minimum atomic E-state index is 0.350. The lowest BCUT2D eigenvalue weighted by Crippen LogP contribution is -2.31. The molecule has 1 fully saturated rings. The fourth-order valence-corrected chi connectivity index (χ4v) is 3.10. The molecule has 0 amide bonds. The van der Waals surface area contributed by atoms with Gasteiger partial charge in [-0.15, -0.1) is 0 Å². The Labute approximate surface area is 129 Å². The summed E-state index contributed by atoms with van der Waals surface area (Å²) in [6.45, 7) is 8.58. The van der Waals surface area contributed by atoms with Crippen molar-refractivity contribution in [1.29, 1.82) is 0 Å². The summed E-state index contributed by atoms with van der Waals surface area (Å²) < 4.78 is 6.30. The maximum absolute atomic E-state index is 6.30. The molecule has 0 radical (unpaired) electrons. The Hall–Kier alpha value is -1.09. The van der Waals surface area contributed by atoms with Crippen LogP contribution in [0.25, 0.3) is 0 Å². The Bertz CT molecular complexity index is 419. The van der Waals surface area contributed by atoms with Crippen molar-refractivity contribution in [2.45, 2.75) is 65.5 Å². The monoisotopic (exact) mass is 290 g/mol. The molecule has 1 aromatic heterocycles. The van der Waals surface area contributed by atoms with Gasteiger partial charge in [0, 0.05) is 18.3 Å². The van der Waals surface area contributed by atoms with Gasteiger partial charge in [-0.25, -0.2) is 4.98 Å². The van der Waals surface area contributed by atoms with Crippen molar-refractivity contribution in [3.8, 4) is 5.88 Å². The molecular formula is C18H30N2O. The number of ether oxygens (including phenoxy) is 1. The summed E-state index contributed by atoms with van der Waals surface area (Å²) in [6.07, 6.45) is 8.51. The molecule has 1 aliphatic rings. The fourth-order valence-electron chi connectivity index (χ4n) is 3.10. The van der Waals surface area contributed by atoms with E-state index in [1.807, 2.05) is 12.3 Å². The number of nitrogens with zero attached hydrogens (tertiary/aromatic N) is 1. The molecule has 0 spiro atoms. The molecule has 2 atom stereocenters. The average molecular weight is 290 g/mol. The van der Waals surface area contributed by atoms with Crippen molar-refractivity contribution >= 4 is 0 Å². The van der Waals surface area contributed by atoms with E-state index in [2.05, 4.69) is 37.1 Å².